The maximum absolute atomic E-state index is 14.5. The second kappa shape index (κ2) is 14.3. The summed E-state index contributed by atoms with van der Waals surface area (Å²) in [5, 5.41) is 23.9. The highest BCUT2D eigenvalue weighted by atomic mass is 19.1. The number of rotatable bonds is 3. The van der Waals surface area contributed by atoms with Crippen LogP contribution in [0.1, 0.15) is 52.5 Å². The van der Waals surface area contributed by atoms with Crippen LogP contribution in [-0.4, -0.2) is 60.8 Å². The summed E-state index contributed by atoms with van der Waals surface area (Å²) in [6.07, 6.45) is 1.40. The maximum Gasteiger partial charge on any atom is 0.405 e. The van der Waals surface area contributed by atoms with Crippen molar-refractivity contribution in [1.82, 2.24) is 0 Å². The summed E-state index contributed by atoms with van der Waals surface area (Å²) >= 11 is 0. The van der Waals surface area contributed by atoms with Gasteiger partial charge in [0, 0.05) is 25.7 Å². The van der Waals surface area contributed by atoms with Crippen LogP contribution in [0.5, 0.6) is 5.75 Å². The largest absolute Gasteiger partial charge is 0.503 e. The quantitative estimate of drug-likeness (QED) is 0.335. The standard InChI is InChI=1S/C28H41FN2O7/c1-15-10-19-13-20(29)25(33)21(14-19)31-27(34)16(2)8-7-9-22(36-5)26(38-28(30)35)18(4)12-17(3)24(32)23(11-15)37-6/h8,12-15,17,22-24,26,32-33H,7,9-11H2,1-6H3,(H2,30,35)(H,31,34)/b16-8+,18-12+/t15-,17+,22+,23+,24-,26+/m1/s1. The minimum absolute atomic E-state index is 0.0238. The summed E-state index contributed by atoms with van der Waals surface area (Å²) in [4.78, 5) is 24.4. The number of primary amides is 1. The number of carbonyl (C=O) groups excluding carboxylic acids is 2. The lowest BCUT2D eigenvalue weighted by Crippen LogP contribution is -2.37. The van der Waals surface area contributed by atoms with Gasteiger partial charge in [-0.2, -0.15) is 0 Å². The summed E-state index contributed by atoms with van der Waals surface area (Å²) < 4.78 is 31.1. The van der Waals surface area contributed by atoms with Crippen LogP contribution >= 0.6 is 0 Å². The zero-order valence-electron chi connectivity index (χ0n) is 23.0. The van der Waals surface area contributed by atoms with E-state index >= 15 is 0 Å². The predicted molar refractivity (Wildman–Crippen MR) is 142 cm³/mol. The number of nitrogens with one attached hydrogen (secondary N) is 1. The van der Waals surface area contributed by atoms with Crippen LogP contribution in [0.2, 0.25) is 0 Å². The number of anilines is 1. The smallest absolute Gasteiger partial charge is 0.405 e. The third-order valence-corrected chi connectivity index (χ3v) is 6.93. The third kappa shape index (κ3) is 8.54. The lowest BCUT2D eigenvalue weighted by atomic mass is 9.88. The minimum atomic E-state index is -0.958. The second-order valence-electron chi connectivity index (χ2n) is 10.1. The highest BCUT2D eigenvalue weighted by Gasteiger charge is 2.30. The molecule has 38 heavy (non-hydrogen) atoms. The Kier molecular flexibility index (Phi) is 11.7. The normalized spacial score (nSPS) is 30.9. The molecule has 9 nitrogen and oxygen atoms in total. The molecule has 0 unspecified atom stereocenters. The number of hydrogen-bond donors (Lipinski definition) is 4. The summed E-state index contributed by atoms with van der Waals surface area (Å²) in [7, 11) is 3.00. The summed E-state index contributed by atoms with van der Waals surface area (Å²) in [6.45, 7) is 7.16. The number of aliphatic hydroxyl groups excluding tert-OH is 1. The number of aromatic hydroxyl groups is 1. The average Bonchev–Trinajstić information content (AvgIpc) is 2.85. The molecule has 0 spiro atoms. The van der Waals surface area contributed by atoms with E-state index in [2.05, 4.69) is 5.32 Å². The van der Waals surface area contributed by atoms with Gasteiger partial charge in [-0.25, -0.2) is 9.18 Å². The van der Waals surface area contributed by atoms with E-state index in [1.165, 1.54) is 20.3 Å². The van der Waals surface area contributed by atoms with Gasteiger partial charge in [0.1, 0.15) is 0 Å². The van der Waals surface area contributed by atoms with Crippen molar-refractivity contribution in [3.8, 4) is 5.75 Å². The van der Waals surface area contributed by atoms with E-state index in [0.717, 1.165) is 0 Å². The molecule has 0 saturated carbocycles. The fourth-order valence-corrected chi connectivity index (χ4v) is 4.83. The number of amides is 2. The van der Waals surface area contributed by atoms with Crippen molar-refractivity contribution in [2.75, 3.05) is 19.5 Å². The number of ether oxygens (including phenoxy) is 3. The van der Waals surface area contributed by atoms with E-state index in [1.807, 2.05) is 19.9 Å². The van der Waals surface area contributed by atoms with Gasteiger partial charge in [-0.1, -0.05) is 26.0 Å². The number of hydrogen-bond acceptors (Lipinski definition) is 7. The van der Waals surface area contributed by atoms with Crippen molar-refractivity contribution in [2.45, 2.75) is 77.8 Å². The molecular formula is C28H41FN2O7. The molecule has 2 amide bonds. The lowest BCUT2D eigenvalue weighted by Gasteiger charge is -2.30. The molecule has 1 heterocycles. The van der Waals surface area contributed by atoms with Crippen LogP contribution in [0.4, 0.5) is 14.9 Å². The van der Waals surface area contributed by atoms with E-state index < -0.39 is 48.0 Å². The van der Waals surface area contributed by atoms with Crippen LogP contribution in [0.25, 0.3) is 0 Å². The van der Waals surface area contributed by atoms with Crippen molar-refractivity contribution in [2.24, 2.45) is 17.6 Å². The first-order valence-electron chi connectivity index (χ1n) is 12.7. The van der Waals surface area contributed by atoms with E-state index in [0.29, 0.717) is 42.4 Å². The number of benzene rings is 1. The molecule has 10 heteroatoms. The molecule has 1 aliphatic rings. The summed E-state index contributed by atoms with van der Waals surface area (Å²) in [5.74, 6) is -2.37. The number of fused-ring (bicyclic) bond motifs is 2. The number of phenolic OH excluding ortho intramolecular Hbond substituents is 1. The SMILES string of the molecule is CO[C@H]1C[C@H](C)Cc2cc(F)c(O)c(c2)NC(=O)/C(C)=C/CC[C@H](OC)[C@@H](OC(N)=O)/C(C)=C/[C@H](C)[C@H]1O. The Morgan fingerprint density at radius 1 is 1.16 bits per heavy atom. The fraction of sp³-hybridized carbons (Fsp3) is 0.571. The van der Waals surface area contributed by atoms with Crippen molar-refractivity contribution in [3.63, 3.8) is 0 Å². The predicted octanol–water partition coefficient (Wildman–Crippen LogP) is 4.22. The van der Waals surface area contributed by atoms with Gasteiger partial charge >= 0.3 is 6.09 Å². The fourth-order valence-electron chi connectivity index (χ4n) is 4.83. The number of halogens is 1. The topological polar surface area (TPSA) is 140 Å². The van der Waals surface area contributed by atoms with Crippen LogP contribution in [0.3, 0.4) is 0 Å². The monoisotopic (exact) mass is 536 g/mol. The first kappa shape index (κ1) is 31.3. The van der Waals surface area contributed by atoms with Crippen molar-refractivity contribution in [3.05, 3.63) is 46.8 Å². The van der Waals surface area contributed by atoms with E-state index in [9.17, 15) is 24.2 Å². The molecule has 1 aromatic carbocycles. The van der Waals surface area contributed by atoms with Gasteiger partial charge in [0.2, 0.25) is 0 Å². The molecule has 212 valence electrons. The molecule has 0 fully saturated rings. The van der Waals surface area contributed by atoms with E-state index in [1.54, 1.807) is 26.0 Å². The van der Waals surface area contributed by atoms with Gasteiger partial charge in [0.15, 0.2) is 17.7 Å². The van der Waals surface area contributed by atoms with Gasteiger partial charge in [0.25, 0.3) is 5.91 Å². The number of methoxy groups -OCH3 is 2. The Balaban J connectivity index is 2.51. The molecule has 6 atom stereocenters. The minimum Gasteiger partial charge on any atom is -0.503 e. The zero-order valence-corrected chi connectivity index (χ0v) is 23.0. The molecule has 0 aromatic heterocycles. The summed E-state index contributed by atoms with van der Waals surface area (Å²) in [6, 6.07) is 2.79. The molecule has 1 aromatic rings. The Labute approximate surface area is 223 Å². The molecule has 0 radical (unpaired) electrons. The Morgan fingerprint density at radius 2 is 1.82 bits per heavy atom. The number of nitrogens with two attached hydrogens (primary N) is 1. The van der Waals surface area contributed by atoms with Crippen molar-refractivity contribution in [1.29, 1.82) is 0 Å². The van der Waals surface area contributed by atoms with Crippen LogP contribution in [0, 0.1) is 17.7 Å². The number of allylic oxidation sites excluding steroid dienone is 1. The van der Waals surface area contributed by atoms with Crippen LogP contribution in [-0.2, 0) is 25.4 Å². The molecular weight excluding hydrogens is 495 g/mol. The molecule has 2 rings (SSSR count). The lowest BCUT2D eigenvalue weighted by molar-refractivity contribution is -0.112. The van der Waals surface area contributed by atoms with Crippen LogP contribution < -0.4 is 11.1 Å². The highest BCUT2D eigenvalue weighted by molar-refractivity contribution is 6.04. The Bertz CT molecular complexity index is 1040. The second-order valence-corrected chi connectivity index (χ2v) is 10.1. The van der Waals surface area contributed by atoms with Gasteiger partial charge in [-0.15, -0.1) is 0 Å². The number of aliphatic hydroxyl groups is 1. The van der Waals surface area contributed by atoms with Gasteiger partial charge < -0.3 is 35.5 Å². The van der Waals surface area contributed by atoms with Crippen LogP contribution in [0.15, 0.2) is 35.4 Å². The Morgan fingerprint density at radius 3 is 2.42 bits per heavy atom. The Hall–Kier alpha value is -2.95. The number of phenols is 1. The maximum atomic E-state index is 14.5. The average molecular weight is 537 g/mol. The summed E-state index contributed by atoms with van der Waals surface area (Å²) in [5.41, 5.74) is 6.91. The van der Waals surface area contributed by atoms with E-state index in [-0.39, 0.29) is 17.5 Å². The molecule has 0 saturated heterocycles. The first-order valence-corrected chi connectivity index (χ1v) is 12.7. The van der Waals surface area contributed by atoms with Crippen molar-refractivity contribution < 1.29 is 38.4 Å². The van der Waals surface area contributed by atoms with Gasteiger partial charge in [0.05, 0.1) is 24.0 Å². The zero-order chi connectivity index (χ0) is 28.6. The molecule has 1 aliphatic heterocycles. The molecule has 2 bridgehead atoms. The van der Waals surface area contributed by atoms with Gasteiger partial charge in [-0.3, -0.25) is 4.79 Å². The highest BCUT2D eigenvalue weighted by Crippen LogP contribution is 2.31. The van der Waals surface area contributed by atoms with Gasteiger partial charge in [-0.05, 0) is 68.7 Å². The third-order valence-electron chi connectivity index (χ3n) is 6.93. The first-order chi connectivity index (χ1) is 17.9. The number of carbonyl (C=O) groups is 2. The molecule has 5 N–H and O–H groups in total. The molecule has 0 aliphatic carbocycles. The van der Waals surface area contributed by atoms with E-state index in [4.69, 9.17) is 19.9 Å². The van der Waals surface area contributed by atoms with Crippen molar-refractivity contribution >= 4 is 17.7 Å².